The van der Waals surface area contributed by atoms with Crippen LogP contribution in [0.2, 0.25) is 0 Å². The molecule has 0 aliphatic rings. The molecule has 2 N–H and O–H groups in total. The summed E-state index contributed by atoms with van der Waals surface area (Å²) < 4.78 is 28.0. The standard InChI is InChI=1S/C11H16Br2N2O2S/c1-8(2)14-5-6-15-18(16,17)11-4-3-9(12)7-10(11)13/h3-4,7-8,14-15H,5-6H2,1-2H3. The van der Waals surface area contributed by atoms with Crippen molar-refractivity contribution in [2.45, 2.75) is 24.8 Å². The molecule has 1 rings (SSSR count). The molecule has 0 saturated heterocycles. The number of nitrogens with one attached hydrogen (secondary N) is 2. The first kappa shape index (κ1) is 16.1. The molecule has 0 amide bonds. The third-order valence-corrected chi connectivity index (χ3v) is 5.08. The number of rotatable bonds is 6. The Labute approximate surface area is 125 Å². The maximum atomic E-state index is 12.0. The Morgan fingerprint density at radius 3 is 2.44 bits per heavy atom. The summed E-state index contributed by atoms with van der Waals surface area (Å²) in [5.74, 6) is 0. The molecule has 0 atom stereocenters. The predicted molar refractivity (Wildman–Crippen MR) is 80.2 cm³/mol. The van der Waals surface area contributed by atoms with Crippen molar-refractivity contribution >= 4 is 41.9 Å². The lowest BCUT2D eigenvalue weighted by Gasteiger charge is -2.11. The number of hydrogen-bond acceptors (Lipinski definition) is 3. The van der Waals surface area contributed by atoms with Crippen molar-refractivity contribution in [2.75, 3.05) is 13.1 Å². The van der Waals surface area contributed by atoms with Crippen LogP contribution in [0.3, 0.4) is 0 Å². The first-order chi connectivity index (χ1) is 8.33. The van der Waals surface area contributed by atoms with Gasteiger partial charge in [-0.25, -0.2) is 13.1 Å². The molecule has 102 valence electrons. The van der Waals surface area contributed by atoms with Crippen molar-refractivity contribution in [3.63, 3.8) is 0 Å². The van der Waals surface area contributed by atoms with Crippen LogP contribution in [-0.4, -0.2) is 27.5 Å². The molecular weight excluding hydrogens is 384 g/mol. The number of hydrogen-bond donors (Lipinski definition) is 2. The van der Waals surface area contributed by atoms with Crippen LogP contribution in [0.1, 0.15) is 13.8 Å². The van der Waals surface area contributed by atoms with E-state index < -0.39 is 10.0 Å². The second kappa shape index (κ2) is 7.00. The fourth-order valence-electron chi connectivity index (χ4n) is 1.32. The second-order valence-corrected chi connectivity index (χ2v) is 7.59. The number of halogens is 2. The van der Waals surface area contributed by atoms with Crippen molar-refractivity contribution in [1.82, 2.24) is 10.0 Å². The van der Waals surface area contributed by atoms with Gasteiger partial charge in [-0.15, -0.1) is 0 Å². The molecule has 4 nitrogen and oxygen atoms in total. The molecule has 0 saturated carbocycles. The highest BCUT2D eigenvalue weighted by atomic mass is 79.9. The highest BCUT2D eigenvalue weighted by Gasteiger charge is 2.16. The van der Waals surface area contributed by atoms with Gasteiger partial charge in [0.25, 0.3) is 0 Å². The van der Waals surface area contributed by atoms with Crippen LogP contribution in [-0.2, 0) is 10.0 Å². The van der Waals surface area contributed by atoms with Crippen LogP contribution in [0, 0.1) is 0 Å². The van der Waals surface area contributed by atoms with E-state index in [0.29, 0.717) is 23.6 Å². The zero-order chi connectivity index (χ0) is 13.8. The molecule has 0 bridgehead atoms. The average molecular weight is 400 g/mol. The minimum absolute atomic E-state index is 0.246. The van der Waals surface area contributed by atoms with E-state index in [1.807, 2.05) is 13.8 Å². The van der Waals surface area contributed by atoms with Crippen molar-refractivity contribution in [2.24, 2.45) is 0 Å². The Kier molecular flexibility index (Phi) is 6.26. The van der Waals surface area contributed by atoms with E-state index in [2.05, 4.69) is 41.9 Å². The van der Waals surface area contributed by atoms with Gasteiger partial charge in [-0.05, 0) is 34.1 Å². The smallest absolute Gasteiger partial charge is 0.241 e. The van der Waals surface area contributed by atoms with Gasteiger partial charge in [-0.2, -0.15) is 0 Å². The summed E-state index contributed by atoms with van der Waals surface area (Å²) in [4.78, 5) is 0.246. The monoisotopic (exact) mass is 398 g/mol. The Morgan fingerprint density at radius 2 is 1.89 bits per heavy atom. The summed E-state index contributed by atoms with van der Waals surface area (Å²) in [6.45, 7) is 4.99. The molecule has 1 aromatic rings. The highest BCUT2D eigenvalue weighted by molar-refractivity contribution is 9.11. The first-order valence-electron chi connectivity index (χ1n) is 5.51. The Balaban J connectivity index is 2.69. The van der Waals surface area contributed by atoms with E-state index in [9.17, 15) is 8.42 Å². The van der Waals surface area contributed by atoms with E-state index in [0.717, 1.165) is 4.47 Å². The zero-order valence-corrected chi connectivity index (χ0v) is 14.2. The van der Waals surface area contributed by atoms with Crippen LogP contribution in [0.4, 0.5) is 0 Å². The molecule has 0 unspecified atom stereocenters. The molecule has 0 heterocycles. The Morgan fingerprint density at radius 1 is 1.22 bits per heavy atom. The van der Waals surface area contributed by atoms with Crippen LogP contribution < -0.4 is 10.0 Å². The minimum Gasteiger partial charge on any atom is -0.313 e. The van der Waals surface area contributed by atoms with Gasteiger partial charge in [0.05, 0.1) is 4.90 Å². The summed E-state index contributed by atoms with van der Waals surface area (Å²) >= 11 is 6.54. The number of benzene rings is 1. The van der Waals surface area contributed by atoms with Crippen molar-refractivity contribution < 1.29 is 8.42 Å². The van der Waals surface area contributed by atoms with E-state index >= 15 is 0 Å². The SMILES string of the molecule is CC(C)NCCNS(=O)(=O)c1ccc(Br)cc1Br. The lowest BCUT2D eigenvalue weighted by Crippen LogP contribution is -2.34. The fraction of sp³-hybridized carbons (Fsp3) is 0.455. The molecule has 7 heteroatoms. The third-order valence-electron chi connectivity index (χ3n) is 2.15. The second-order valence-electron chi connectivity index (χ2n) is 4.08. The normalized spacial score (nSPS) is 12.1. The summed E-state index contributed by atoms with van der Waals surface area (Å²) in [5, 5.41) is 3.15. The molecule has 0 aromatic heterocycles. The van der Waals surface area contributed by atoms with Gasteiger partial charge in [0, 0.05) is 28.1 Å². The molecule has 18 heavy (non-hydrogen) atoms. The predicted octanol–water partition coefficient (Wildman–Crippen LogP) is 2.49. The third kappa shape index (κ3) is 4.97. The molecule has 1 aromatic carbocycles. The quantitative estimate of drug-likeness (QED) is 0.722. The fourth-order valence-corrected chi connectivity index (χ4v) is 4.09. The average Bonchev–Trinajstić information content (AvgIpc) is 2.23. The van der Waals surface area contributed by atoms with Crippen molar-refractivity contribution in [3.8, 4) is 0 Å². The molecule has 0 spiro atoms. The first-order valence-corrected chi connectivity index (χ1v) is 8.58. The van der Waals surface area contributed by atoms with Gasteiger partial charge in [0.2, 0.25) is 10.0 Å². The van der Waals surface area contributed by atoms with Crippen LogP contribution >= 0.6 is 31.9 Å². The minimum atomic E-state index is -3.46. The van der Waals surface area contributed by atoms with Crippen LogP contribution in [0.25, 0.3) is 0 Å². The maximum absolute atomic E-state index is 12.0. The van der Waals surface area contributed by atoms with Crippen LogP contribution in [0.5, 0.6) is 0 Å². The summed E-state index contributed by atoms with van der Waals surface area (Å²) in [7, 11) is -3.46. The van der Waals surface area contributed by atoms with Gasteiger partial charge in [-0.3, -0.25) is 0 Å². The van der Waals surface area contributed by atoms with Gasteiger partial charge in [0.15, 0.2) is 0 Å². The Bertz CT molecular complexity index is 504. The maximum Gasteiger partial charge on any atom is 0.241 e. The molecule has 0 aliphatic carbocycles. The molecule has 0 aliphatic heterocycles. The molecule has 0 fully saturated rings. The van der Waals surface area contributed by atoms with Crippen molar-refractivity contribution in [1.29, 1.82) is 0 Å². The summed E-state index contributed by atoms with van der Waals surface area (Å²) in [5.41, 5.74) is 0. The summed E-state index contributed by atoms with van der Waals surface area (Å²) in [6, 6.07) is 5.31. The van der Waals surface area contributed by atoms with Crippen molar-refractivity contribution in [3.05, 3.63) is 27.1 Å². The van der Waals surface area contributed by atoms with E-state index in [4.69, 9.17) is 0 Å². The van der Waals surface area contributed by atoms with Gasteiger partial charge < -0.3 is 5.32 Å². The topological polar surface area (TPSA) is 58.2 Å². The zero-order valence-electron chi connectivity index (χ0n) is 10.2. The van der Waals surface area contributed by atoms with E-state index in [1.165, 1.54) is 0 Å². The largest absolute Gasteiger partial charge is 0.313 e. The lowest BCUT2D eigenvalue weighted by atomic mass is 10.4. The van der Waals surface area contributed by atoms with Gasteiger partial charge in [-0.1, -0.05) is 29.8 Å². The van der Waals surface area contributed by atoms with Gasteiger partial charge >= 0.3 is 0 Å². The molecule has 0 radical (unpaired) electrons. The summed E-state index contributed by atoms with van der Waals surface area (Å²) in [6.07, 6.45) is 0. The highest BCUT2D eigenvalue weighted by Crippen LogP contribution is 2.25. The Hall–Kier alpha value is 0.0500. The lowest BCUT2D eigenvalue weighted by molar-refractivity contribution is 0.559. The number of sulfonamides is 1. The molecular formula is C11H16Br2N2O2S. The van der Waals surface area contributed by atoms with E-state index in [-0.39, 0.29) is 4.90 Å². The van der Waals surface area contributed by atoms with E-state index in [1.54, 1.807) is 18.2 Å². The van der Waals surface area contributed by atoms with Crippen LogP contribution in [0.15, 0.2) is 32.0 Å². The van der Waals surface area contributed by atoms with Gasteiger partial charge in [0.1, 0.15) is 0 Å².